The molecule has 1 atom stereocenters. The Bertz CT molecular complexity index is 207. The van der Waals surface area contributed by atoms with Crippen molar-refractivity contribution in [3.63, 3.8) is 0 Å². The van der Waals surface area contributed by atoms with Crippen molar-refractivity contribution in [1.82, 2.24) is 4.90 Å². The highest BCUT2D eigenvalue weighted by molar-refractivity contribution is 5.72. The summed E-state index contributed by atoms with van der Waals surface area (Å²) in [6, 6.07) is -0.350. The first-order chi connectivity index (χ1) is 5.74. The predicted molar refractivity (Wildman–Crippen MR) is 47.3 cm³/mol. The number of primary amides is 1. The van der Waals surface area contributed by atoms with Gasteiger partial charge in [-0.25, -0.2) is 4.79 Å². The smallest absolute Gasteiger partial charge is 0.314 e. The fourth-order valence-electron chi connectivity index (χ4n) is 1.48. The number of amides is 2. The lowest BCUT2D eigenvalue weighted by Crippen LogP contribution is -2.38. The quantitative estimate of drug-likeness (QED) is 0.531. The molecule has 2 amide bonds. The first-order valence-electron chi connectivity index (χ1n) is 4.24. The second-order valence-electron chi connectivity index (χ2n) is 3.14. The molecule has 1 saturated heterocycles. The highest BCUT2D eigenvalue weighted by Gasteiger charge is 2.18. The molecule has 0 aromatic heterocycles. The van der Waals surface area contributed by atoms with Crippen LogP contribution in [0, 0.1) is 18.3 Å². The topological polar surface area (TPSA) is 46.3 Å². The minimum atomic E-state index is -0.350. The number of hydrogen-bond acceptors (Lipinski definition) is 1. The lowest BCUT2D eigenvalue weighted by atomic mass is 10.1. The fraction of sp³-hybridized carbons (Fsp3) is 0.667. The van der Waals surface area contributed by atoms with Gasteiger partial charge in [0.1, 0.15) is 0 Å². The maximum absolute atomic E-state index is 10.8. The van der Waals surface area contributed by atoms with E-state index in [-0.39, 0.29) is 11.9 Å². The molecule has 0 radical (unpaired) electrons. The van der Waals surface area contributed by atoms with Crippen molar-refractivity contribution in [3.8, 4) is 12.3 Å². The summed E-state index contributed by atoms with van der Waals surface area (Å²) < 4.78 is 0. The minimum absolute atomic E-state index is 0.194. The van der Waals surface area contributed by atoms with E-state index in [9.17, 15) is 4.79 Å². The number of carbonyl (C=O) groups is 1. The number of nitrogens with zero attached hydrogens (tertiary/aromatic N) is 1. The first-order valence-corrected chi connectivity index (χ1v) is 4.24. The molecule has 1 aliphatic heterocycles. The molecule has 1 rings (SSSR count). The van der Waals surface area contributed by atoms with Gasteiger partial charge in [-0.2, -0.15) is 0 Å². The van der Waals surface area contributed by atoms with E-state index in [1.54, 1.807) is 4.90 Å². The summed E-state index contributed by atoms with van der Waals surface area (Å²) in [7, 11) is 0. The fourth-order valence-corrected chi connectivity index (χ4v) is 1.48. The van der Waals surface area contributed by atoms with Gasteiger partial charge in [-0.3, -0.25) is 0 Å². The van der Waals surface area contributed by atoms with Crippen LogP contribution < -0.4 is 5.73 Å². The van der Waals surface area contributed by atoms with Gasteiger partial charge in [0.2, 0.25) is 0 Å². The van der Waals surface area contributed by atoms with E-state index in [0.717, 1.165) is 25.8 Å². The van der Waals surface area contributed by atoms with Crippen LogP contribution in [0.2, 0.25) is 0 Å². The van der Waals surface area contributed by atoms with Gasteiger partial charge in [0, 0.05) is 19.0 Å². The average molecular weight is 166 g/mol. The monoisotopic (exact) mass is 166 g/mol. The molecule has 66 valence electrons. The Kier molecular flexibility index (Phi) is 2.98. The lowest BCUT2D eigenvalue weighted by Gasteiger charge is -2.19. The summed E-state index contributed by atoms with van der Waals surface area (Å²) in [5.41, 5.74) is 5.17. The van der Waals surface area contributed by atoms with Gasteiger partial charge in [-0.1, -0.05) is 6.42 Å². The molecule has 3 heteroatoms. The summed E-state index contributed by atoms with van der Waals surface area (Å²) in [5.74, 6) is 2.87. The zero-order chi connectivity index (χ0) is 8.97. The van der Waals surface area contributed by atoms with E-state index >= 15 is 0 Å². The van der Waals surface area contributed by atoms with Crippen LogP contribution in [0.25, 0.3) is 0 Å². The lowest BCUT2D eigenvalue weighted by molar-refractivity contribution is 0.206. The van der Waals surface area contributed by atoms with Crippen LogP contribution in [0.4, 0.5) is 4.79 Å². The van der Waals surface area contributed by atoms with Gasteiger partial charge in [0.25, 0.3) is 0 Å². The van der Waals surface area contributed by atoms with Crippen LogP contribution >= 0.6 is 0 Å². The van der Waals surface area contributed by atoms with Crippen LogP contribution in [0.3, 0.4) is 0 Å². The average Bonchev–Trinajstić information content (AvgIpc) is 2.28. The van der Waals surface area contributed by atoms with Gasteiger partial charge in [0.05, 0.1) is 0 Å². The summed E-state index contributed by atoms with van der Waals surface area (Å²) in [6.07, 6.45) is 8.43. The Balaban J connectivity index is 2.54. The van der Waals surface area contributed by atoms with Gasteiger partial charge < -0.3 is 10.6 Å². The second kappa shape index (κ2) is 4.01. The SMILES string of the molecule is C#CC1CCCCN(C(N)=O)C1. The largest absolute Gasteiger partial charge is 0.351 e. The molecule has 0 aromatic carbocycles. The summed E-state index contributed by atoms with van der Waals surface area (Å²) in [4.78, 5) is 12.5. The molecule has 2 N–H and O–H groups in total. The third kappa shape index (κ3) is 2.16. The van der Waals surface area contributed by atoms with Crippen molar-refractivity contribution in [2.24, 2.45) is 11.7 Å². The third-order valence-electron chi connectivity index (χ3n) is 2.22. The Morgan fingerprint density at radius 1 is 1.58 bits per heavy atom. The molecule has 0 saturated carbocycles. The van der Waals surface area contributed by atoms with Gasteiger partial charge >= 0.3 is 6.03 Å². The van der Waals surface area contributed by atoms with Gasteiger partial charge in [-0.15, -0.1) is 12.3 Å². The summed E-state index contributed by atoms with van der Waals surface area (Å²) in [6.45, 7) is 1.39. The molecule has 0 aliphatic carbocycles. The molecule has 1 aliphatic rings. The third-order valence-corrected chi connectivity index (χ3v) is 2.22. The van der Waals surface area contributed by atoms with Crippen LogP contribution in [0.5, 0.6) is 0 Å². The molecule has 1 heterocycles. The van der Waals surface area contributed by atoms with E-state index in [0.29, 0.717) is 6.54 Å². The van der Waals surface area contributed by atoms with Crippen LogP contribution in [0.15, 0.2) is 0 Å². The predicted octanol–water partition coefficient (Wildman–Crippen LogP) is 0.800. The van der Waals surface area contributed by atoms with Crippen molar-refractivity contribution < 1.29 is 4.79 Å². The number of rotatable bonds is 0. The van der Waals surface area contributed by atoms with Crippen molar-refractivity contribution in [2.45, 2.75) is 19.3 Å². The van der Waals surface area contributed by atoms with E-state index in [4.69, 9.17) is 12.2 Å². The Hall–Kier alpha value is -1.17. The standard InChI is InChI=1S/C9H14N2O/c1-2-8-5-3-4-6-11(7-8)9(10)12/h1,8H,3-7H2,(H2,10,12). The number of nitrogens with two attached hydrogens (primary N) is 1. The molecule has 0 spiro atoms. The maximum atomic E-state index is 10.8. The Morgan fingerprint density at radius 2 is 2.33 bits per heavy atom. The zero-order valence-corrected chi connectivity index (χ0v) is 7.12. The van der Waals surface area contributed by atoms with Crippen molar-refractivity contribution in [3.05, 3.63) is 0 Å². The number of hydrogen-bond donors (Lipinski definition) is 1. The molecular weight excluding hydrogens is 152 g/mol. The molecule has 12 heavy (non-hydrogen) atoms. The minimum Gasteiger partial charge on any atom is -0.351 e. The number of carbonyl (C=O) groups excluding carboxylic acids is 1. The second-order valence-corrected chi connectivity index (χ2v) is 3.14. The van der Waals surface area contributed by atoms with E-state index in [1.165, 1.54) is 0 Å². The molecule has 0 bridgehead atoms. The number of terminal acetylenes is 1. The van der Waals surface area contributed by atoms with E-state index in [1.807, 2.05) is 0 Å². The zero-order valence-electron chi connectivity index (χ0n) is 7.12. The van der Waals surface area contributed by atoms with E-state index < -0.39 is 0 Å². The molecule has 3 nitrogen and oxygen atoms in total. The molecule has 1 unspecified atom stereocenters. The van der Waals surface area contributed by atoms with Crippen LogP contribution in [0.1, 0.15) is 19.3 Å². The highest BCUT2D eigenvalue weighted by atomic mass is 16.2. The number of likely N-dealkylation sites (tertiary alicyclic amines) is 1. The summed E-state index contributed by atoms with van der Waals surface area (Å²) in [5, 5.41) is 0. The molecule has 1 fully saturated rings. The van der Waals surface area contributed by atoms with Gasteiger partial charge in [0.15, 0.2) is 0 Å². The normalized spacial score (nSPS) is 24.2. The van der Waals surface area contributed by atoms with Crippen LogP contribution in [-0.2, 0) is 0 Å². The van der Waals surface area contributed by atoms with E-state index in [2.05, 4.69) is 5.92 Å². The summed E-state index contributed by atoms with van der Waals surface area (Å²) >= 11 is 0. The van der Waals surface area contributed by atoms with Gasteiger partial charge in [-0.05, 0) is 12.8 Å². The van der Waals surface area contributed by atoms with Crippen molar-refractivity contribution >= 4 is 6.03 Å². The van der Waals surface area contributed by atoms with Crippen molar-refractivity contribution in [1.29, 1.82) is 0 Å². The Labute approximate surface area is 72.9 Å². The maximum Gasteiger partial charge on any atom is 0.314 e. The molecule has 0 aromatic rings. The highest BCUT2D eigenvalue weighted by Crippen LogP contribution is 2.14. The molecular formula is C9H14N2O. The first kappa shape index (κ1) is 8.92. The Morgan fingerprint density at radius 3 is 2.92 bits per heavy atom. The van der Waals surface area contributed by atoms with Crippen LogP contribution in [-0.4, -0.2) is 24.0 Å². The number of urea groups is 1. The van der Waals surface area contributed by atoms with Crippen molar-refractivity contribution in [2.75, 3.05) is 13.1 Å².